The minimum absolute atomic E-state index is 0.0940. The predicted octanol–water partition coefficient (Wildman–Crippen LogP) is 3.10. The average molecular weight is 492 g/mol. The van der Waals surface area contributed by atoms with E-state index in [0.29, 0.717) is 16.2 Å². The molecule has 0 saturated carbocycles. The lowest BCUT2D eigenvalue weighted by Crippen LogP contribution is -2.36. The van der Waals surface area contributed by atoms with Gasteiger partial charge in [0.1, 0.15) is 11.6 Å². The Hall–Kier alpha value is -4.99. The van der Waals surface area contributed by atoms with E-state index in [1.54, 1.807) is 43.3 Å². The zero-order valence-corrected chi connectivity index (χ0v) is 19.6. The van der Waals surface area contributed by atoms with Gasteiger partial charge in [-0.2, -0.15) is 5.06 Å². The Bertz CT molecular complexity index is 1230. The van der Waals surface area contributed by atoms with Crippen molar-refractivity contribution in [3.8, 4) is 5.75 Å². The van der Waals surface area contributed by atoms with Crippen molar-refractivity contribution in [3.05, 3.63) is 95.1 Å². The molecule has 10 heteroatoms. The molecule has 0 heterocycles. The topological polar surface area (TPSA) is 160 Å². The van der Waals surface area contributed by atoms with Gasteiger partial charge in [0.05, 0.1) is 5.56 Å². The fraction of sp³-hybridized carbons (Fsp3) is 0.115. The van der Waals surface area contributed by atoms with Crippen molar-refractivity contribution in [1.82, 2.24) is 5.06 Å². The Labute approximate surface area is 207 Å². The maximum atomic E-state index is 12.4. The molecule has 36 heavy (non-hydrogen) atoms. The Morgan fingerprint density at radius 2 is 1.61 bits per heavy atom. The normalized spacial score (nSPS) is 11.3. The Morgan fingerprint density at radius 1 is 1.00 bits per heavy atom. The number of amidine groups is 1. The molecule has 10 nitrogen and oxygen atoms in total. The van der Waals surface area contributed by atoms with Gasteiger partial charge in [-0.25, -0.2) is 9.59 Å². The zero-order valence-electron chi connectivity index (χ0n) is 19.6. The minimum atomic E-state index is -1.35. The van der Waals surface area contributed by atoms with E-state index in [1.807, 2.05) is 0 Å². The Kier molecular flexibility index (Phi) is 9.87. The molecule has 0 aliphatic rings. The van der Waals surface area contributed by atoms with Crippen LogP contribution in [0.3, 0.4) is 0 Å². The maximum Gasteiger partial charge on any atom is 0.359 e. The van der Waals surface area contributed by atoms with Gasteiger partial charge in [0.2, 0.25) is 0 Å². The third-order valence-corrected chi connectivity index (χ3v) is 4.49. The molecule has 2 rings (SSSR count). The number of hydrogen-bond acceptors (Lipinski definition) is 7. The second-order valence-electron chi connectivity index (χ2n) is 7.31. The molecule has 0 aliphatic heterocycles. The molecule has 0 aromatic heterocycles. The molecule has 0 fully saturated rings. The smallest absolute Gasteiger partial charge is 0.359 e. The molecule has 0 aliphatic carbocycles. The van der Waals surface area contributed by atoms with Gasteiger partial charge in [-0.1, -0.05) is 30.4 Å². The van der Waals surface area contributed by atoms with E-state index in [-0.39, 0.29) is 22.7 Å². The number of hydroxylamine groups is 2. The first-order valence-electron chi connectivity index (χ1n) is 10.6. The van der Waals surface area contributed by atoms with Crippen LogP contribution in [-0.2, 0) is 19.2 Å². The van der Waals surface area contributed by atoms with E-state index < -0.39 is 30.4 Å². The summed E-state index contributed by atoms with van der Waals surface area (Å²) in [6.07, 6.45) is 7.15. The van der Waals surface area contributed by atoms with Crippen LogP contribution in [0.4, 0.5) is 0 Å². The van der Waals surface area contributed by atoms with Crippen LogP contribution >= 0.6 is 0 Å². The van der Waals surface area contributed by atoms with Crippen molar-refractivity contribution in [1.29, 1.82) is 5.41 Å². The SMILES string of the molecule is CC=CC=CC(=O)N(CC(=O)O)OC(=O)C(C)=Cc1ccc(C(=O)Oc2ccc(C(=N)N)cc2)cc1. The van der Waals surface area contributed by atoms with Crippen LogP contribution in [0.2, 0.25) is 0 Å². The van der Waals surface area contributed by atoms with Gasteiger partial charge < -0.3 is 20.4 Å². The zero-order chi connectivity index (χ0) is 26.7. The number of amides is 1. The number of rotatable bonds is 9. The quantitative estimate of drug-likeness (QED) is 0.0917. The molecule has 0 bridgehead atoms. The summed E-state index contributed by atoms with van der Waals surface area (Å²) < 4.78 is 5.29. The Balaban J connectivity index is 2.06. The number of benzene rings is 2. The number of carboxylic acid groups (broad SMARTS) is 1. The largest absolute Gasteiger partial charge is 0.480 e. The van der Waals surface area contributed by atoms with Crippen molar-refractivity contribution in [3.63, 3.8) is 0 Å². The molecule has 0 saturated heterocycles. The van der Waals surface area contributed by atoms with E-state index in [1.165, 1.54) is 43.3 Å². The standard InChI is InChI=1S/C26H25N3O7/c1-3-4-5-6-22(30)29(16-23(31)32)36-25(33)17(2)15-18-7-9-20(10-8-18)26(34)35-21-13-11-19(12-14-21)24(27)28/h3-15H,16H2,1-2H3,(H3,27,28)(H,31,32). The van der Waals surface area contributed by atoms with Gasteiger partial charge in [-0.15, -0.1) is 0 Å². The summed E-state index contributed by atoms with van der Waals surface area (Å²) in [5.41, 5.74) is 6.80. The molecular weight excluding hydrogens is 466 g/mol. The van der Waals surface area contributed by atoms with Gasteiger partial charge >= 0.3 is 17.9 Å². The van der Waals surface area contributed by atoms with Crippen molar-refractivity contribution < 1.29 is 33.9 Å². The average Bonchev–Trinajstić information content (AvgIpc) is 2.84. The molecule has 4 N–H and O–H groups in total. The second kappa shape index (κ2) is 13.0. The number of hydrogen-bond donors (Lipinski definition) is 3. The van der Waals surface area contributed by atoms with Gasteiger partial charge in [0, 0.05) is 17.2 Å². The van der Waals surface area contributed by atoms with Crippen LogP contribution in [0, 0.1) is 5.41 Å². The summed E-state index contributed by atoms with van der Waals surface area (Å²) in [7, 11) is 0. The van der Waals surface area contributed by atoms with Crippen LogP contribution in [0.1, 0.15) is 35.3 Å². The van der Waals surface area contributed by atoms with Crippen LogP contribution < -0.4 is 10.5 Å². The molecule has 2 aromatic carbocycles. The third-order valence-electron chi connectivity index (χ3n) is 4.49. The Morgan fingerprint density at radius 3 is 2.17 bits per heavy atom. The first kappa shape index (κ1) is 27.3. The van der Waals surface area contributed by atoms with Crippen molar-refractivity contribution >= 4 is 35.7 Å². The van der Waals surface area contributed by atoms with Crippen LogP contribution in [0.25, 0.3) is 6.08 Å². The van der Waals surface area contributed by atoms with E-state index in [4.69, 9.17) is 25.8 Å². The third kappa shape index (κ3) is 8.41. The number of carbonyl (C=O) groups is 4. The molecule has 0 radical (unpaired) electrons. The number of nitrogens with one attached hydrogen (secondary N) is 1. The summed E-state index contributed by atoms with van der Waals surface area (Å²) in [6.45, 7) is 2.35. The second-order valence-corrected chi connectivity index (χ2v) is 7.31. The summed E-state index contributed by atoms with van der Waals surface area (Å²) in [5, 5.41) is 16.8. The first-order valence-corrected chi connectivity index (χ1v) is 10.6. The maximum absolute atomic E-state index is 12.4. The highest BCUT2D eigenvalue weighted by Gasteiger charge is 2.20. The lowest BCUT2D eigenvalue weighted by molar-refractivity contribution is -0.194. The van der Waals surface area contributed by atoms with Crippen molar-refractivity contribution in [2.45, 2.75) is 13.8 Å². The fourth-order valence-electron chi connectivity index (χ4n) is 2.68. The molecule has 0 unspecified atom stereocenters. The predicted molar refractivity (Wildman–Crippen MR) is 132 cm³/mol. The monoisotopic (exact) mass is 491 g/mol. The molecule has 1 amide bonds. The van der Waals surface area contributed by atoms with Gasteiger partial charge in [0.15, 0.2) is 6.54 Å². The first-order chi connectivity index (χ1) is 17.1. The number of carbonyl (C=O) groups excluding carboxylic acids is 3. The lowest BCUT2D eigenvalue weighted by atomic mass is 10.1. The highest BCUT2D eigenvalue weighted by atomic mass is 16.7. The summed E-state index contributed by atoms with van der Waals surface area (Å²) in [4.78, 5) is 52.9. The minimum Gasteiger partial charge on any atom is -0.480 e. The molecule has 0 spiro atoms. The molecule has 2 aromatic rings. The lowest BCUT2D eigenvalue weighted by Gasteiger charge is -2.17. The number of aliphatic carboxylic acids is 1. The number of esters is 1. The fourth-order valence-corrected chi connectivity index (χ4v) is 2.68. The highest BCUT2D eigenvalue weighted by Crippen LogP contribution is 2.16. The van der Waals surface area contributed by atoms with Gasteiger partial charge in [-0.05, 0) is 61.9 Å². The summed E-state index contributed by atoms with van der Waals surface area (Å²) in [5.74, 6) is -3.50. The molecular formula is C26H25N3O7. The number of allylic oxidation sites excluding steroid dienone is 3. The van der Waals surface area contributed by atoms with Gasteiger partial charge in [0.25, 0.3) is 5.91 Å². The number of nitrogen functional groups attached to an aromatic ring is 1. The van der Waals surface area contributed by atoms with Crippen molar-refractivity contribution in [2.24, 2.45) is 5.73 Å². The molecule has 0 atom stereocenters. The highest BCUT2D eigenvalue weighted by molar-refractivity contribution is 5.97. The number of nitrogens with zero attached hydrogens (tertiary/aromatic N) is 1. The van der Waals surface area contributed by atoms with E-state index >= 15 is 0 Å². The van der Waals surface area contributed by atoms with Crippen LogP contribution in [0.15, 0.2) is 78.4 Å². The van der Waals surface area contributed by atoms with Crippen LogP contribution in [0.5, 0.6) is 5.75 Å². The van der Waals surface area contributed by atoms with Crippen LogP contribution in [-0.4, -0.2) is 46.4 Å². The summed E-state index contributed by atoms with van der Waals surface area (Å²) >= 11 is 0. The molecule has 186 valence electrons. The van der Waals surface area contributed by atoms with E-state index in [0.717, 1.165) is 6.08 Å². The van der Waals surface area contributed by atoms with E-state index in [9.17, 15) is 19.2 Å². The number of nitrogens with two attached hydrogens (primary N) is 1. The number of carboxylic acids is 1. The summed E-state index contributed by atoms with van der Waals surface area (Å²) in [6, 6.07) is 12.3. The number of ether oxygens (including phenoxy) is 1. The van der Waals surface area contributed by atoms with Gasteiger partial charge in [-0.3, -0.25) is 15.0 Å². The van der Waals surface area contributed by atoms with Crippen molar-refractivity contribution in [2.75, 3.05) is 6.54 Å². The van der Waals surface area contributed by atoms with E-state index in [2.05, 4.69) is 0 Å².